The third-order valence-corrected chi connectivity index (χ3v) is 5.05. The van der Waals surface area contributed by atoms with Crippen LogP contribution in [0.25, 0.3) is 0 Å². The number of amides is 2. The van der Waals surface area contributed by atoms with E-state index in [9.17, 15) is 14.4 Å². The number of nitrogens with one attached hydrogen (secondary N) is 2. The first-order valence-corrected chi connectivity index (χ1v) is 10.4. The van der Waals surface area contributed by atoms with Crippen molar-refractivity contribution in [2.24, 2.45) is 17.8 Å². The molecule has 2 atom stereocenters. The molecule has 2 amide bonds. The molecule has 0 unspecified atom stereocenters. The van der Waals surface area contributed by atoms with Crippen LogP contribution in [0.1, 0.15) is 79.1 Å². The molecular weight excluding hydrogens is 344 g/mol. The Balaban J connectivity index is 2.76. The van der Waals surface area contributed by atoms with Gasteiger partial charge in [-0.1, -0.05) is 59.8 Å². The lowest BCUT2D eigenvalue weighted by Gasteiger charge is -2.27. The van der Waals surface area contributed by atoms with Crippen molar-refractivity contribution in [1.29, 1.82) is 0 Å². The molecule has 0 bridgehead atoms. The lowest BCUT2D eigenvalue weighted by atomic mass is 9.84. The van der Waals surface area contributed by atoms with Crippen LogP contribution in [0.2, 0.25) is 0 Å². The van der Waals surface area contributed by atoms with Gasteiger partial charge >= 0.3 is 5.97 Å². The van der Waals surface area contributed by atoms with E-state index in [4.69, 9.17) is 4.74 Å². The Labute approximate surface area is 164 Å². The third kappa shape index (κ3) is 9.25. The van der Waals surface area contributed by atoms with Crippen LogP contribution in [0.3, 0.4) is 0 Å². The molecule has 0 spiro atoms. The van der Waals surface area contributed by atoms with Gasteiger partial charge in [-0.2, -0.15) is 0 Å². The maximum Gasteiger partial charge on any atom is 0.328 e. The Morgan fingerprint density at radius 2 is 1.56 bits per heavy atom. The van der Waals surface area contributed by atoms with Crippen LogP contribution in [0.15, 0.2) is 0 Å². The highest BCUT2D eigenvalue weighted by Gasteiger charge is 2.30. The Morgan fingerprint density at radius 3 is 2.07 bits per heavy atom. The van der Waals surface area contributed by atoms with Crippen LogP contribution in [0.5, 0.6) is 0 Å². The molecule has 0 aromatic carbocycles. The number of esters is 1. The van der Waals surface area contributed by atoms with Crippen LogP contribution in [0, 0.1) is 17.8 Å². The number of rotatable bonds is 10. The number of methoxy groups -OCH3 is 1. The largest absolute Gasteiger partial charge is 0.467 e. The van der Waals surface area contributed by atoms with Crippen molar-refractivity contribution in [3.8, 4) is 0 Å². The first-order valence-electron chi connectivity index (χ1n) is 10.4. The molecule has 0 aromatic rings. The Hall–Kier alpha value is -1.59. The van der Waals surface area contributed by atoms with Gasteiger partial charge in [0.05, 0.1) is 7.11 Å². The van der Waals surface area contributed by atoms with Gasteiger partial charge in [-0.25, -0.2) is 4.79 Å². The van der Waals surface area contributed by atoms with Crippen molar-refractivity contribution in [1.82, 2.24) is 10.6 Å². The molecule has 2 N–H and O–H groups in total. The topological polar surface area (TPSA) is 84.5 Å². The summed E-state index contributed by atoms with van der Waals surface area (Å²) in [6.45, 7) is 7.95. The average molecular weight is 383 g/mol. The van der Waals surface area contributed by atoms with Gasteiger partial charge < -0.3 is 15.4 Å². The van der Waals surface area contributed by atoms with E-state index in [1.165, 1.54) is 26.4 Å². The molecule has 1 aliphatic carbocycles. The van der Waals surface area contributed by atoms with Crippen LogP contribution in [0.4, 0.5) is 0 Å². The van der Waals surface area contributed by atoms with E-state index < -0.39 is 18.1 Å². The minimum Gasteiger partial charge on any atom is -0.467 e. The highest BCUT2D eigenvalue weighted by molar-refractivity contribution is 5.90. The molecule has 1 fully saturated rings. The van der Waals surface area contributed by atoms with Gasteiger partial charge in [-0.3, -0.25) is 9.59 Å². The summed E-state index contributed by atoms with van der Waals surface area (Å²) in [5, 5.41) is 5.69. The van der Waals surface area contributed by atoms with Gasteiger partial charge in [0.15, 0.2) is 0 Å². The fraction of sp³-hybridized carbons (Fsp3) is 0.857. The summed E-state index contributed by atoms with van der Waals surface area (Å²) in [5.41, 5.74) is 0. The molecule has 1 aliphatic rings. The first-order chi connectivity index (χ1) is 12.7. The lowest BCUT2D eigenvalue weighted by molar-refractivity contribution is -0.146. The normalized spacial score (nSPS) is 17.4. The maximum absolute atomic E-state index is 12.8. The summed E-state index contributed by atoms with van der Waals surface area (Å²) in [5.74, 6) is 0.0598. The molecule has 0 saturated heterocycles. The molecule has 0 aromatic heterocycles. The monoisotopic (exact) mass is 382 g/mol. The van der Waals surface area contributed by atoms with Crippen molar-refractivity contribution < 1.29 is 19.1 Å². The summed E-state index contributed by atoms with van der Waals surface area (Å²) in [7, 11) is 1.35. The van der Waals surface area contributed by atoms with E-state index in [1.54, 1.807) is 0 Å². The highest BCUT2D eigenvalue weighted by Crippen LogP contribution is 2.27. The quantitative estimate of drug-likeness (QED) is 0.568. The SMILES string of the molecule is COC(=O)[C@@H](CC1CCCCC1)NC(=O)[C@H](CC(C)C)NC(=O)CC(C)C. The molecule has 27 heavy (non-hydrogen) atoms. The van der Waals surface area contributed by atoms with Crippen molar-refractivity contribution in [3.63, 3.8) is 0 Å². The molecule has 1 saturated carbocycles. The maximum atomic E-state index is 12.8. The zero-order valence-electron chi connectivity index (χ0n) is 17.7. The van der Waals surface area contributed by atoms with Gasteiger partial charge in [0.25, 0.3) is 0 Å². The van der Waals surface area contributed by atoms with Crippen LogP contribution < -0.4 is 10.6 Å². The standard InChI is InChI=1S/C21H38N2O4/c1-14(2)11-17(22-19(24)12-15(3)4)20(25)23-18(21(26)27-5)13-16-9-7-6-8-10-16/h14-18H,6-13H2,1-5H3,(H,22,24)(H,23,25)/t17-,18+/m0/s1. The molecule has 0 heterocycles. The number of carbonyl (C=O) groups is 3. The molecule has 0 radical (unpaired) electrons. The Kier molecular flexibility index (Phi) is 10.4. The van der Waals surface area contributed by atoms with Crippen molar-refractivity contribution in [2.45, 2.75) is 91.1 Å². The number of ether oxygens (including phenoxy) is 1. The van der Waals surface area contributed by atoms with E-state index in [-0.39, 0.29) is 23.7 Å². The zero-order valence-corrected chi connectivity index (χ0v) is 17.7. The van der Waals surface area contributed by atoms with Crippen molar-refractivity contribution in [2.75, 3.05) is 7.11 Å². The van der Waals surface area contributed by atoms with Gasteiger partial charge in [-0.05, 0) is 30.6 Å². The van der Waals surface area contributed by atoms with E-state index in [0.717, 1.165) is 12.8 Å². The van der Waals surface area contributed by atoms with Crippen LogP contribution in [-0.2, 0) is 19.1 Å². The van der Waals surface area contributed by atoms with Crippen molar-refractivity contribution >= 4 is 17.8 Å². The third-order valence-electron chi connectivity index (χ3n) is 5.05. The molecule has 156 valence electrons. The molecule has 0 aliphatic heterocycles. The fourth-order valence-corrected chi connectivity index (χ4v) is 3.71. The van der Waals surface area contributed by atoms with Crippen molar-refractivity contribution in [3.05, 3.63) is 0 Å². The molecule has 6 nitrogen and oxygen atoms in total. The second-order valence-electron chi connectivity index (χ2n) is 8.67. The lowest BCUT2D eigenvalue weighted by Crippen LogP contribution is -2.52. The molecule has 1 rings (SSSR count). The van der Waals surface area contributed by atoms with Gasteiger partial charge in [0.2, 0.25) is 11.8 Å². The fourth-order valence-electron chi connectivity index (χ4n) is 3.71. The number of hydrogen-bond acceptors (Lipinski definition) is 4. The average Bonchev–Trinajstić information content (AvgIpc) is 2.59. The van der Waals surface area contributed by atoms with Crippen LogP contribution in [-0.4, -0.2) is 37.0 Å². The van der Waals surface area contributed by atoms with E-state index in [1.807, 2.05) is 27.7 Å². The van der Waals surface area contributed by atoms with Crippen LogP contribution >= 0.6 is 0 Å². The van der Waals surface area contributed by atoms with E-state index in [2.05, 4.69) is 10.6 Å². The minimum absolute atomic E-state index is 0.132. The van der Waals surface area contributed by atoms with E-state index in [0.29, 0.717) is 25.2 Å². The summed E-state index contributed by atoms with van der Waals surface area (Å²) >= 11 is 0. The second kappa shape index (κ2) is 12.0. The number of carbonyl (C=O) groups excluding carboxylic acids is 3. The summed E-state index contributed by atoms with van der Waals surface area (Å²) < 4.78 is 4.91. The number of hydrogen-bond donors (Lipinski definition) is 2. The Bertz CT molecular complexity index is 485. The predicted molar refractivity (Wildman–Crippen MR) is 106 cm³/mol. The molecular formula is C21H38N2O4. The first kappa shape index (κ1) is 23.4. The zero-order chi connectivity index (χ0) is 20.4. The highest BCUT2D eigenvalue weighted by atomic mass is 16.5. The smallest absolute Gasteiger partial charge is 0.328 e. The predicted octanol–water partition coefficient (Wildman–Crippen LogP) is 3.19. The molecule has 6 heteroatoms. The van der Waals surface area contributed by atoms with Gasteiger partial charge in [-0.15, -0.1) is 0 Å². The van der Waals surface area contributed by atoms with E-state index >= 15 is 0 Å². The minimum atomic E-state index is -0.651. The van der Waals surface area contributed by atoms with Gasteiger partial charge in [0.1, 0.15) is 12.1 Å². The summed E-state index contributed by atoms with van der Waals surface area (Å²) in [6.07, 6.45) is 7.28. The van der Waals surface area contributed by atoms with Gasteiger partial charge in [0, 0.05) is 6.42 Å². The summed E-state index contributed by atoms with van der Waals surface area (Å²) in [6, 6.07) is -1.28. The Morgan fingerprint density at radius 1 is 0.926 bits per heavy atom. The summed E-state index contributed by atoms with van der Waals surface area (Å²) in [4.78, 5) is 37.2. The second-order valence-corrected chi connectivity index (χ2v) is 8.67.